The van der Waals surface area contributed by atoms with Gasteiger partial charge in [0.1, 0.15) is 10.0 Å². The number of hydrogen-bond donors (Lipinski definition) is 1. The molecular formula is C14H13ClN4S2. The summed E-state index contributed by atoms with van der Waals surface area (Å²) in [5.41, 5.74) is 1.18. The number of nitrogens with zero attached hydrogens (tertiary/aromatic N) is 3. The second-order valence-corrected chi connectivity index (χ2v) is 6.97. The van der Waals surface area contributed by atoms with Gasteiger partial charge in [0, 0.05) is 23.0 Å². The molecule has 1 atom stereocenters. The van der Waals surface area contributed by atoms with Gasteiger partial charge >= 0.3 is 0 Å². The molecule has 0 fully saturated rings. The van der Waals surface area contributed by atoms with Crippen molar-refractivity contribution in [2.45, 2.75) is 19.4 Å². The van der Waals surface area contributed by atoms with Crippen molar-refractivity contribution >= 4 is 39.4 Å². The number of nitrogens with one attached hydrogen (secondary N) is 1. The van der Waals surface area contributed by atoms with Crippen LogP contribution in [0.5, 0.6) is 0 Å². The maximum absolute atomic E-state index is 5.88. The van der Waals surface area contributed by atoms with Crippen molar-refractivity contribution in [3.63, 3.8) is 0 Å². The molecule has 0 saturated carbocycles. The molecule has 0 bridgehead atoms. The summed E-state index contributed by atoms with van der Waals surface area (Å²) in [5.74, 6) is 0. The minimum absolute atomic E-state index is 0.140. The third kappa shape index (κ3) is 3.78. The molecule has 2 heterocycles. The lowest BCUT2D eigenvalue weighted by molar-refractivity contribution is 0.858. The number of rotatable bonds is 5. The topological polar surface area (TPSA) is 50.7 Å². The number of thiazole rings is 1. The Morgan fingerprint density at radius 1 is 1.24 bits per heavy atom. The molecule has 21 heavy (non-hydrogen) atoms. The first-order chi connectivity index (χ1) is 10.2. The van der Waals surface area contributed by atoms with Crippen LogP contribution < -0.4 is 5.32 Å². The maximum atomic E-state index is 5.88. The Morgan fingerprint density at radius 3 is 2.76 bits per heavy atom. The number of hydrogen-bond acceptors (Lipinski definition) is 6. The van der Waals surface area contributed by atoms with E-state index in [1.807, 2.05) is 35.8 Å². The second kappa shape index (κ2) is 6.51. The highest BCUT2D eigenvalue weighted by Gasteiger charge is 2.11. The molecule has 7 heteroatoms. The zero-order chi connectivity index (χ0) is 14.7. The minimum atomic E-state index is 0.140. The lowest BCUT2D eigenvalue weighted by Crippen LogP contribution is -2.05. The third-order valence-corrected chi connectivity index (χ3v) is 4.96. The van der Waals surface area contributed by atoms with Gasteiger partial charge in [-0.1, -0.05) is 35.1 Å². The quantitative estimate of drug-likeness (QED) is 0.749. The van der Waals surface area contributed by atoms with E-state index in [1.165, 1.54) is 5.56 Å². The Kier molecular flexibility index (Phi) is 4.48. The number of halogens is 1. The molecule has 4 nitrogen and oxygen atoms in total. The fourth-order valence-corrected chi connectivity index (χ4v) is 3.49. The van der Waals surface area contributed by atoms with Crippen LogP contribution in [0.2, 0.25) is 5.02 Å². The van der Waals surface area contributed by atoms with E-state index in [0.29, 0.717) is 0 Å². The van der Waals surface area contributed by atoms with Crippen molar-refractivity contribution < 1.29 is 0 Å². The molecule has 0 spiro atoms. The third-order valence-electron chi connectivity index (χ3n) is 2.90. The lowest BCUT2D eigenvalue weighted by atomic mass is 10.2. The molecule has 108 valence electrons. The highest BCUT2D eigenvalue weighted by Crippen LogP contribution is 2.24. The van der Waals surface area contributed by atoms with Crippen LogP contribution in [0.15, 0.2) is 35.8 Å². The highest BCUT2D eigenvalue weighted by molar-refractivity contribution is 7.15. The summed E-state index contributed by atoms with van der Waals surface area (Å²) in [4.78, 5) is 4.30. The molecular weight excluding hydrogens is 324 g/mol. The molecule has 0 aliphatic rings. The molecule has 0 amide bonds. The molecule has 1 aromatic carbocycles. The lowest BCUT2D eigenvalue weighted by Gasteiger charge is -2.08. The van der Waals surface area contributed by atoms with Gasteiger partial charge in [-0.2, -0.15) is 0 Å². The van der Waals surface area contributed by atoms with Crippen molar-refractivity contribution in [3.05, 3.63) is 56.4 Å². The summed E-state index contributed by atoms with van der Waals surface area (Å²) in [6, 6.07) is 7.94. The predicted octanol–water partition coefficient (Wildman–Crippen LogP) is 4.41. The van der Waals surface area contributed by atoms with Gasteiger partial charge in [-0.15, -0.1) is 21.5 Å². The van der Waals surface area contributed by atoms with Gasteiger partial charge in [0.25, 0.3) is 0 Å². The summed E-state index contributed by atoms with van der Waals surface area (Å²) in [6.07, 6.45) is 2.58. The van der Waals surface area contributed by atoms with Crippen LogP contribution in [0.4, 0.5) is 5.13 Å². The summed E-state index contributed by atoms with van der Waals surface area (Å²) in [5, 5.41) is 17.3. The molecule has 3 rings (SSSR count). The van der Waals surface area contributed by atoms with Crippen molar-refractivity contribution in [2.24, 2.45) is 0 Å². The highest BCUT2D eigenvalue weighted by atomic mass is 35.5. The van der Waals surface area contributed by atoms with Gasteiger partial charge in [0.15, 0.2) is 0 Å². The SMILES string of the molecule is CC(Nc1nnc(Cc2ccc(Cl)cc2)s1)c1nccs1. The fraction of sp³-hybridized carbons (Fsp3) is 0.214. The predicted molar refractivity (Wildman–Crippen MR) is 88.3 cm³/mol. The summed E-state index contributed by atoms with van der Waals surface area (Å²) in [7, 11) is 0. The van der Waals surface area contributed by atoms with E-state index in [4.69, 9.17) is 11.6 Å². The zero-order valence-electron chi connectivity index (χ0n) is 11.3. The van der Waals surface area contributed by atoms with E-state index in [-0.39, 0.29) is 6.04 Å². The van der Waals surface area contributed by atoms with Crippen LogP contribution in [0.3, 0.4) is 0 Å². The molecule has 1 unspecified atom stereocenters. The minimum Gasteiger partial charge on any atom is -0.351 e. The molecule has 2 aromatic heterocycles. The largest absolute Gasteiger partial charge is 0.351 e. The summed E-state index contributed by atoms with van der Waals surface area (Å²) < 4.78 is 0. The Balaban J connectivity index is 1.64. The first kappa shape index (κ1) is 14.4. The first-order valence-electron chi connectivity index (χ1n) is 6.43. The van der Waals surface area contributed by atoms with Gasteiger partial charge in [-0.05, 0) is 24.6 Å². The van der Waals surface area contributed by atoms with Crippen LogP contribution in [0, 0.1) is 0 Å². The van der Waals surface area contributed by atoms with E-state index >= 15 is 0 Å². The first-order valence-corrected chi connectivity index (χ1v) is 8.51. The second-order valence-electron chi connectivity index (χ2n) is 4.54. The number of anilines is 1. The van der Waals surface area contributed by atoms with Crippen molar-refractivity contribution in [1.82, 2.24) is 15.2 Å². The van der Waals surface area contributed by atoms with E-state index < -0.39 is 0 Å². The normalized spacial score (nSPS) is 12.3. The molecule has 0 radical (unpaired) electrons. The van der Waals surface area contributed by atoms with Crippen molar-refractivity contribution in [2.75, 3.05) is 5.32 Å². The summed E-state index contributed by atoms with van der Waals surface area (Å²) >= 11 is 9.08. The van der Waals surface area contributed by atoms with E-state index in [0.717, 1.165) is 26.6 Å². The number of aromatic nitrogens is 3. The van der Waals surface area contributed by atoms with Crippen molar-refractivity contribution in [3.8, 4) is 0 Å². The van der Waals surface area contributed by atoms with Crippen LogP contribution in [-0.4, -0.2) is 15.2 Å². The molecule has 0 aliphatic heterocycles. The van der Waals surface area contributed by atoms with Gasteiger partial charge in [-0.3, -0.25) is 0 Å². The maximum Gasteiger partial charge on any atom is 0.206 e. The van der Waals surface area contributed by atoms with Crippen molar-refractivity contribution in [1.29, 1.82) is 0 Å². The molecule has 0 saturated heterocycles. The smallest absolute Gasteiger partial charge is 0.206 e. The molecule has 1 N–H and O–H groups in total. The average Bonchev–Trinajstić information content (AvgIpc) is 3.13. The molecule has 0 aliphatic carbocycles. The van der Waals surface area contributed by atoms with E-state index in [2.05, 4.69) is 27.4 Å². The monoisotopic (exact) mass is 336 g/mol. The van der Waals surface area contributed by atoms with Crippen LogP contribution in [0.1, 0.15) is 28.5 Å². The Morgan fingerprint density at radius 2 is 2.05 bits per heavy atom. The Bertz CT molecular complexity index is 694. The van der Waals surface area contributed by atoms with Gasteiger partial charge in [0.2, 0.25) is 5.13 Å². The average molecular weight is 337 g/mol. The van der Waals surface area contributed by atoms with E-state index in [1.54, 1.807) is 22.7 Å². The number of benzene rings is 1. The van der Waals surface area contributed by atoms with Crippen LogP contribution >= 0.6 is 34.3 Å². The Labute approximate surface area is 135 Å². The molecule has 3 aromatic rings. The van der Waals surface area contributed by atoms with E-state index in [9.17, 15) is 0 Å². The zero-order valence-corrected chi connectivity index (χ0v) is 13.7. The Hall–Kier alpha value is -1.50. The van der Waals surface area contributed by atoms with Crippen LogP contribution in [0.25, 0.3) is 0 Å². The van der Waals surface area contributed by atoms with Gasteiger partial charge in [-0.25, -0.2) is 4.98 Å². The van der Waals surface area contributed by atoms with Gasteiger partial charge in [0.05, 0.1) is 6.04 Å². The summed E-state index contributed by atoms with van der Waals surface area (Å²) in [6.45, 7) is 2.07. The van der Waals surface area contributed by atoms with Gasteiger partial charge < -0.3 is 5.32 Å². The van der Waals surface area contributed by atoms with Crippen LogP contribution in [-0.2, 0) is 6.42 Å². The standard InChI is InChI=1S/C14H13ClN4S2/c1-9(13-16-6-7-20-13)17-14-19-18-12(21-14)8-10-2-4-11(15)5-3-10/h2-7,9H,8H2,1H3,(H,17,19). The fourth-order valence-electron chi connectivity index (χ4n) is 1.86.